The highest BCUT2D eigenvalue weighted by atomic mass is 16.5. The zero-order valence-electron chi connectivity index (χ0n) is 12.5. The number of nitrogens with zero attached hydrogens (tertiary/aromatic N) is 1. The van der Waals surface area contributed by atoms with E-state index in [0.717, 1.165) is 32.0 Å². The zero-order valence-corrected chi connectivity index (χ0v) is 12.5. The molecule has 1 fully saturated rings. The Morgan fingerprint density at radius 1 is 1.48 bits per heavy atom. The highest BCUT2D eigenvalue weighted by Crippen LogP contribution is 2.38. The average Bonchev–Trinajstić information content (AvgIpc) is 3.12. The van der Waals surface area contributed by atoms with Gasteiger partial charge in [0.15, 0.2) is 0 Å². The number of benzene rings is 1. The summed E-state index contributed by atoms with van der Waals surface area (Å²) >= 11 is 0. The van der Waals surface area contributed by atoms with Gasteiger partial charge in [0.25, 0.3) is 0 Å². The van der Waals surface area contributed by atoms with E-state index in [-0.39, 0.29) is 11.8 Å². The molecule has 2 heterocycles. The average molecular weight is 292 g/mol. The maximum Gasteiger partial charge on any atom is 0.127 e. The van der Waals surface area contributed by atoms with Gasteiger partial charge in [-0.1, -0.05) is 0 Å². The summed E-state index contributed by atoms with van der Waals surface area (Å²) in [4.78, 5) is 2.44. The minimum Gasteiger partial charge on any atom is -0.508 e. The number of methoxy groups -OCH3 is 1. The SMILES string of the molecule is COCCN(CC1CCCN1)C1COc2cc(O)ccc21. The molecule has 0 amide bonds. The van der Waals surface area contributed by atoms with E-state index in [1.807, 2.05) is 6.07 Å². The van der Waals surface area contributed by atoms with E-state index in [1.54, 1.807) is 19.2 Å². The number of rotatable bonds is 6. The van der Waals surface area contributed by atoms with Gasteiger partial charge >= 0.3 is 0 Å². The molecule has 2 atom stereocenters. The van der Waals surface area contributed by atoms with Crippen molar-refractivity contribution in [2.45, 2.75) is 24.9 Å². The van der Waals surface area contributed by atoms with Gasteiger partial charge in [-0.3, -0.25) is 4.90 Å². The molecule has 2 aliphatic rings. The molecule has 3 rings (SSSR count). The molecule has 0 radical (unpaired) electrons. The molecule has 1 aromatic rings. The van der Waals surface area contributed by atoms with Crippen LogP contribution in [0.5, 0.6) is 11.5 Å². The summed E-state index contributed by atoms with van der Waals surface area (Å²) in [6.07, 6.45) is 2.49. The van der Waals surface area contributed by atoms with Crippen molar-refractivity contribution in [1.29, 1.82) is 0 Å². The van der Waals surface area contributed by atoms with Crippen LogP contribution in [0.3, 0.4) is 0 Å². The number of nitrogens with one attached hydrogen (secondary N) is 1. The summed E-state index contributed by atoms with van der Waals surface area (Å²) in [5, 5.41) is 13.1. The van der Waals surface area contributed by atoms with E-state index in [2.05, 4.69) is 10.2 Å². The molecular formula is C16H24N2O3. The molecule has 0 bridgehead atoms. The van der Waals surface area contributed by atoms with Gasteiger partial charge in [0.1, 0.15) is 18.1 Å². The van der Waals surface area contributed by atoms with Gasteiger partial charge < -0.3 is 19.9 Å². The van der Waals surface area contributed by atoms with E-state index in [0.29, 0.717) is 12.6 Å². The Morgan fingerprint density at radius 2 is 2.38 bits per heavy atom. The predicted molar refractivity (Wildman–Crippen MR) is 80.8 cm³/mol. The molecule has 2 aliphatic heterocycles. The third-order valence-corrected chi connectivity index (χ3v) is 4.39. The first-order chi connectivity index (χ1) is 10.3. The summed E-state index contributed by atoms with van der Waals surface area (Å²) in [5.74, 6) is 1.07. The molecule has 2 unspecified atom stereocenters. The lowest BCUT2D eigenvalue weighted by atomic mass is 10.1. The molecule has 1 aromatic carbocycles. The Bertz CT molecular complexity index is 475. The smallest absolute Gasteiger partial charge is 0.127 e. The van der Waals surface area contributed by atoms with Crippen LogP contribution in [-0.2, 0) is 4.74 Å². The fourth-order valence-electron chi connectivity index (χ4n) is 3.26. The summed E-state index contributed by atoms with van der Waals surface area (Å²) in [5.41, 5.74) is 1.17. The molecule has 0 spiro atoms. The van der Waals surface area contributed by atoms with E-state index in [1.165, 1.54) is 18.4 Å². The van der Waals surface area contributed by atoms with Crippen molar-refractivity contribution >= 4 is 0 Å². The Morgan fingerprint density at radius 3 is 3.14 bits per heavy atom. The molecule has 5 heteroatoms. The van der Waals surface area contributed by atoms with E-state index >= 15 is 0 Å². The third-order valence-electron chi connectivity index (χ3n) is 4.39. The molecule has 2 N–H and O–H groups in total. The maximum absolute atomic E-state index is 9.57. The number of aromatic hydroxyl groups is 1. The lowest BCUT2D eigenvalue weighted by Crippen LogP contribution is -2.41. The molecule has 116 valence electrons. The van der Waals surface area contributed by atoms with Gasteiger partial charge in [-0.15, -0.1) is 0 Å². The standard InChI is InChI=1S/C16H24N2O3/c1-20-8-7-18(10-12-3-2-6-17-12)15-11-21-16-9-13(19)4-5-14(15)16/h4-5,9,12,15,17,19H,2-3,6-8,10-11H2,1H3. The van der Waals surface area contributed by atoms with Gasteiger partial charge in [-0.05, 0) is 31.5 Å². The van der Waals surface area contributed by atoms with E-state index in [9.17, 15) is 5.11 Å². The minimum absolute atomic E-state index is 0.248. The maximum atomic E-state index is 9.57. The van der Waals surface area contributed by atoms with Gasteiger partial charge in [-0.2, -0.15) is 0 Å². The van der Waals surface area contributed by atoms with Gasteiger partial charge in [0.05, 0.1) is 12.6 Å². The normalized spacial score (nSPS) is 24.3. The lowest BCUT2D eigenvalue weighted by molar-refractivity contribution is 0.101. The second-order valence-corrected chi connectivity index (χ2v) is 5.83. The van der Waals surface area contributed by atoms with Crippen LogP contribution in [-0.4, -0.2) is 56.0 Å². The largest absolute Gasteiger partial charge is 0.508 e. The minimum atomic E-state index is 0.248. The van der Waals surface area contributed by atoms with Crippen LogP contribution in [0.15, 0.2) is 18.2 Å². The van der Waals surface area contributed by atoms with Crippen LogP contribution in [0.2, 0.25) is 0 Å². The highest BCUT2D eigenvalue weighted by molar-refractivity contribution is 5.44. The van der Waals surface area contributed by atoms with Crippen molar-refractivity contribution in [1.82, 2.24) is 10.2 Å². The second-order valence-electron chi connectivity index (χ2n) is 5.83. The summed E-state index contributed by atoms with van der Waals surface area (Å²) in [7, 11) is 1.74. The quantitative estimate of drug-likeness (QED) is 0.833. The molecule has 0 aromatic heterocycles. The summed E-state index contributed by atoms with van der Waals surface area (Å²) < 4.78 is 11.0. The molecule has 5 nitrogen and oxygen atoms in total. The van der Waals surface area contributed by atoms with E-state index in [4.69, 9.17) is 9.47 Å². The fourth-order valence-corrected chi connectivity index (χ4v) is 3.26. The first-order valence-corrected chi connectivity index (χ1v) is 7.70. The number of hydrogen-bond donors (Lipinski definition) is 2. The topological polar surface area (TPSA) is 54.0 Å². The van der Waals surface area contributed by atoms with Gasteiger partial charge in [0.2, 0.25) is 0 Å². The van der Waals surface area contributed by atoms with Crippen LogP contribution in [0.4, 0.5) is 0 Å². The molecule has 0 saturated carbocycles. The summed E-state index contributed by atoms with van der Waals surface area (Å²) in [6, 6.07) is 6.23. The highest BCUT2D eigenvalue weighted by Gasteiger charge is 2.31. The van der Waals surface area contributed by atoms with E-state index < -0.39 is 0 Å². The summed E-state index contributed by atoms with van der Waals surface area (Å²) in [6.45, 7) is 4.39. The fraction of sp³-hybridized carbons (Fsp3) is 0.625. The Hall–Kier alpha value is -1.30. The van der Waals surface area contributed by atoms with Crippen molar-refractivity contribution < 1.29 is 14.6 Å². The lowest BCUT2D eigenvalue weighted by Gasteiger charge is -2.30. The Labute approximate surface area is 125 Å². The zero-order chi connectivity index (χ0) is 14.7. The van der Waals surface area contributed by atoms with Crippen LogP contribution in [0.1, 0.15) is 24.4 Å². The van der Waals surface area contributed by atoms with Gasteiger partial charge in [-0.25, -0.2) is 0 Å². The van der Waals surface area contributed by atoms with Crippen LogP contribution >= 0.6 is 0 Å². The van der Waals surface area contributed by atoms with Gasteiger partial charge in [0, 0.05) is 37.9 Å². The number of phenols is 1. The first kappa shape index (κ1) is 14.6. The number of fused-ring (bicyclic) bond motifs is 1. The second kappa shape index (κ2) is 6.64. The van der Waals surface area contributed by atoms with Crippen molar-refractivity contribution in [3.63, 3.8) is 0 Å². The monoisotopic (exact) mass is 292 g/mol. The Kier molecular flexibility index (Phi) is 4.63. The number of phenolic OH excluding ortho intramolecular Hbond substituents is 1. The van der Waals surface area contributed by atoms with Crippen molar-refractivity contribution in [2.24, 2.45) is 0 Å². The van der Waals surface area contributed by atoms with Crippen molar-refractivity contribution in [3.8, 4) is 11.5 Å². The molecular weight excluding hydrogens is 268 g/mol. The van der Waals surface area contributed by atoms with Crippen LogP contribution in [0.25, 0.3) is 0 Å². The molecule has 0 aliphatic carbocycles. The predicted octanol–water partition coefficient (Wildman–Crippen LogP) is 1.53. The van der Waals surface area contributed by atoms with Crippen molar-refractivity contribution in [3.05, 3.63) is 23.8 Å². The molecule has 21 heavy (non-hydrogen) atoms. The van der Waals surface area contributed by atoms with Crippen molar-refractivity contribution in [2.75, 3.05) is 40.0 Å². The Balaban J connectivity index is 1.74. The third kappa shape index (κ3) is 3.31. The number of ether oxygens (including phenoxy) is 2. The molecule has 1 saturated heterocycles. The van der Waals surface area contributed by atoms with Crippen LogP contribution < -0.4 is 10.1 Å². The number of hydrogen-bond acceptors (Lipinski definition) is 5. The first-order valence-electron chi connectivity index (χ1n) is 7.70. The van der Waals surface area contributed by atoms with Crippen LogP contribution in [0, 0.1) is 0 Å².